The Morgan fingerprint density at radius 3 is 2.68 bits per heavy atom. The molecule has 3 nitrogen and oxygen atoms in total. The van der Waals surface area contributed by atoms with E-state index in [1.165, 1.54) is 37.8 Å². The molecule has 1 aromatic heterocycles. The van der Waals surface area contributed by atoms with Crippen LogP contribution in [0.2, 0.25) is 0 Å². The summed E-state index contributed by atoms with van der Waals surface area (Å²) in [6.07, 6.45) is 7.03. The molecule has 0 radical (unpaired) electrons. The fraction of sp³-hybridized carbons (Fsp3) is 0.800. The van der Waals surface area contributed by atoms with Gasteiger partial charge in [-0.3, -0.25) is 4.68 Å². The number of nitrogens with one attached hydrogen (secondary N) is 1. The first-order valence-electron chi connectivity index (χ1n) is 7.58. The Hall–Kier alpha value is -0.350. The molecule has 1 aliphatic carbocycles. The van der Waals surface area contributed by atoms with Crippen molar-refractivity contribution in [2.75, 3.05) is 0 Å². The molecule has 1 heterocycles. The molecule has 0 aliphatic heterocycles. The number of rotatable bonds is 5. The second-order valence-corrected chi connectivity index (χ2v) is 6.52. The van der Waals surface area contributed by atoms with E-state index in [0.29, 0.717) is 6.04 Å². The van der Waals surface area contributed by atoms with E-state index in [9.17, 15) is 0 Å². The first-order valence-corrected chi connectivity index (χ1v) is 8.38. The van der Waals surface area contributed by atoms with E-state index in [4.69, 9.17) is 0 Å². The van der Waals surface area contributed by atoms with Crippen molar-refractivity contribution in [1.29, 1.82) is 0 Å². The second kappa shape index (κ2) is 6.89. The van der Waals surface area contributed by atoms with Gasteiger partial charge in [0.05, 0.1) is 15.9 Å². The number of nitrogens with zero attached hydrogens (tertiary/aromatic N) is 2. The maximum atomic E-state index is 4.55. The lowest BCUT2D eigenvalue weighted by Crippen LogP contribution is -2.34. The average molecular weight is 328 g/mol. The van der Waals surface area contributed by atoms with E-state index in [1.807, 2.05) is 0 Å². The van der Waals surface area contributed by atoms with Gasteiger partial charge in [0.25, 0.3) is 0 Å². The largest absolute Gasteiger partial charge is 0.308 e. The molecule has 1 aliphatic rings. The summed E-state index contributed by atoms with van der Waals surface area (Å²) in [6, 6.07) is 0.604. The van der Waals surface area contributed by atoms with Gasteiger partial charge in [-0.25, -0.2) is 0 Å². The van der Waals surface area contributed by atoms with Crippen LogP contribution in [0.5, 0.6) is 0 Å². The Balaban J connectivity index is 1.94. The Kier molecular flexibility index (Phi) is 5.46. The highest BCUT2D eigenvalue weighted by Crippen LogP contribution is 2.27. The van der Waals surface area contributed by atoms with Crippen LogP contribution in [0.15, 0.2) is 4.47 Å². The smallest absolute Gasteiger partial charge is 0.0739 e. The Morgan fingerprint density at radius 1 is 1.37 bits per heavy atom. The predicted molar refractivity (Wildman–Crippen MR) is 83.2 cm³/mol. The molecule has 0 bridgehead atoms. The molecule has 1 atom stereocenters. The zero-order valence-corrected chi connectivity index (χ0v) is 14.0. The molecule has 19 heavy (non-hydrogen) atoms. The fourth-order valence-corrected chi connectivity index (χ4v) is 3.52. The molecule has 0 aromatic carbocycles. The normalized spacial score (nSPS) is 18.7. The summed E-state index contributed by atoms with van der Waals surface area (Å²) in [5.74, 6) is 0.853. The standard InChI is InChI=1S/C15H26BrN3/c1-4-19-14(15(16)12(3)18-19)10-17-11(2)13-8-6-5-7-9-13/h11,13,17H,4-10H2,1-3H3. The van der Waals surface area contributed by atoms with Gasteiger partial charge in [-0.2, -0.15) is 5.10 Å². The van der Waals surface area contributed by atoms with E-state index in [-0.39, 0.29) is 0 Å². The third-order valence-corrected chi connectivity index (χ3v) is 5.43. The molecule has 1 fully saturated rings. The van der Waals surface area contributed by atoms with Gasteiger partial charge >= 0.3 is 0 Å². The number of hydrogen-bond donors (Lipinski definition) is 1. The topological polar surface area (TPSA) is 29.9 Å². The Morgan fingerprint density at radius 2 is 2.05 bits per heavy atom. The maximum Gasteiger partial charge on any atom is 0.0739 e. The highest BCUT2D eigenvalue weighted by molar-refractivity contribution is 9.10. The SMILES string of the molecule is CCn1nc(C)c(Br)c1CNC(C)C1CCCCC1. The Bertz CT molecular complexity index is 408. The monoisotopic (exact) mass is 327 g/mol. The van der Waals surface area contributed by atoms with Crippen LogP contribution < -0.4 is 5.32 Å². The van der Waals surface area contributed by atoms with Crippen molar-refractivity contribution in [2.24, 2.45) is 5.92 Å². The van der Waals surface area contributed by atoms with Crippen molar-refractivity contribution >= 4 is 15.9 Å². The van der Waals surface area contributed by atoms with Crippen LogP contribution >= 0.6 is 15.9 Å². The van der Waals surface area contributed by atoms with Crippen LogP contribution in [0.3, 0.4) is 0 Å². The predicted octanol–water partition coefficient (Wildman–Crippen LogP) is 4.03. The molecule has 1 unspecified atom stereocenters. The van der Waals surface area contributed by atoms with Crippen molar-refractivity contribution < 1.29 is 0 Å². The lowest BCUT2D eigenvalue weighted by atomic mass is 9.84. The van der Waals surface area contributed by atoms with Gasteiger partial charge in [0.2, 0.25) is 0 Å². The third kappa shape index (κ3) is 3.60. The zero-order chi connectivity index (χ0) is 13.8. The van der Waals surface area contributed by atoms with Gasteiger partial charge in [-0.1, -0.05) is 19.3 Å². The molecule has 1 aromatic rings. The lowest BCUT2D eigenvalue weighted by molar-refractivity contribution is 0.279. The number of aromatic nitrogens is 2. The van der Waals surface area contributed by atoms with Gasteiger partial charge in [0.15, 0.2) is 0 Å². The molecule has 0 amide bonds. The molecular weight excluding hydrogens is 302 g/mol. The van der Waals surface area contributed by atoms with Crippen molar-refractivity contribution in [3.05, 3.63) is 15.9 Å². The van der Waals surface area contributed by atoms with Crippen LogP contribution in [0.1, 0.15) is 57.3 Å². The summed E-state index contributed by atoms with van der Waals surface area (Å²) >= 11 is 3.66. The first-order chi connectivity index (χ1) is 9.13. The first kappa shape index (κ1) is 15.0. The summed E-state index contributed by atoms with van der Waals surface area (Å²) in [5.41, 5.74) is 2.37. The highest BCUT2D eigenvalue weighted by atomic mass is 79.9. The molecule has 0 spiro atoms. The molecular formula is C15H26BrN3. The van der Waals surface area contributed by atoms with Crippen molar-refractivity contribution in [3.8, 4) is 0 Å². The van der Waals surface area contributed by atoms with Crippen LogP contribution in [-0.2, 0) is 13.1 Å². The van der Waals surface area contributed by atoms with E-state index in [0.717, 1.165) is 29.2 Å². The van der Waals surface area contributed by atoms with Gasteiger partial charge in [0, 0.05) is 19.1 Å². The molecule has 108 valence electrons. The number of aryl methyl sites for hydroxylation is 2. The molecule has 0 saturated heterocycles. The van der Waals surface area contributed by atoms with Gasteiger partial charge in [-0.15, -0.1) is 0 Å². The van der Waals surface area contributed by atoms with E-state index < -0.39 is 0 Å². The minimum absolute atomic E-state index is 0.604. The van der Waals surface area contributed by atoms with E-state index in [1.54, 1.807) is 0 Å². The van der Waals surface area contributed by atoms with Gasteiger partial charge < -0.3 is 5.32 Å². The van der Waals surface area contributed by atoms with E-state index >= 15 is 0 Å². The summed E-state index contributed by atoms with van der Waals surface area (Å²) in [7, 11) is 0. The van der Waals surface area contributed by atoms with Crippen LogP contribution in [0.4, 0.5) is 0 Å². The summed E-state index contributed by atoms with van der Waals surface area (Å²) in [4.78, 5) is 0. The van der Waals surface area contributed by atoms with Crippen molar-refractivity contribution in [3.63, 3.8) is 0 Å². The summed E-state index contributed by atoms with van der Waals surface area (Å²) in [5, 5.41) is 8.26. The molecule has 1 N–H and O–H groups in total. The average Bonchev–Trinajstić information content (AvgIpc) is 2.72. The quantitative estimate of drug-likeness (QED) is 0.884. The fourth-order valence-electron chi connectivity index (χ4n) is 3.10. The van der Waals surface area contributed by atoms with Crippen molar-refractivity contribution in [1.82, 2.24) is 15.1 Å². The highest BCUT2D eigenvalue weighted by Gasteiger charge is 2.20. The van der Waals surface area contributed by atoms with Crippen LogP contribution in [0.25, 0.3) is 0 Å². The molecule has 2 rings (SSSR count). The van der Waals surface area contributed by atoms with Gasteiger partial charge in [0.1, 0.15) is 0 Å². The third-order valence-electron chi connectivity index (χ3n) is 4.40. The summed E-state index contributed by atoms with van der Waals surface area (Å²) in [6.45, 7) is 8.38. The zero-order valence-electron chi connectivity index (χ0n) is 12.4. The summed E-state index contributed by atoms with van der Waals surface area (Å²) < 4.78 is 3.26. The second-order valence-electron chi connectivity index (χ2n) is 5.73. The van der Waals surface area contributed by atoms with Crippen LogP contribution in [0, 0.1) is 12.8 Å². The van der Waals surface area contributed by atoms with E-state index in [2.05, 4.69) is 51.8 Å². The maximum absolute atomic E-state index is 4.55. The van der Waals surface area contributed by atoms with Gasteiger partial charge in [-0.05, 0) is 55.5 Å². The molecule has 1 saturated carbocycles. The number of halogens is 1. The minimum Gasteiger partial charge on any atom is -0.308 e. The Labute approximate surface area is 125 Å². The molecule has 4 heteroatoms. The lowest BCUT2D eigenvalue weighted by Gasteiger charge is -2.28. The van der Waals surface area contributed by atoms with Crippen LogP contribution in [-0.4, -0.2) is 15.8 Å². The number of hydrogen-bond acceptors (Lipinski definition) is 2. The minimum atomic E-state index is 0.604. The van der Waals surface area contributed by atoms with Crippen molar-refractivity contribution in [2.45, 2.75) is 72.0 Å².